The van der Waals surface area contributed by atoms with E-state index in [0.29, 0.717) is 19.6 Å². The van der Waals surface area contributed by atoms with E-state index in [4.69, 9.17) is 5.11 Å². The Balaban J connectivity index is 1.94. The van der Waals surface area contributed by atoms with Gasteiger partial charge in [-0.25, -0.2) is 0 Å². The molecule has 1 fully saturated rings. The van der Waals surface area contributed by atoms with E-state index in [1.807, 2.05) is 30.0 Å². The number of amides is 1. The van der Waals surface area contributed by atoms with Gasteiger partial charge in [-0.05, 0) is 24.6 Å². The quantitative estimate of drug-likeness (QED) is 0.898. The zero-order chi connectivity index (χ0) is 15.4. The number of benzene rings is 1. The minimum absolute atomic E-state index is 0.0479. The van der Waals surface area contributed by atoms with Crippen molar-refractivity contribution in [2.45, 2.75) is 13.3 Å². The van der Waals surface area contributed by atoms with Gasteiger partial charge in [0.1, 0.15) is 0 Å². The third kappa shape index (κ3) is 4.04. The molecule has 1 N–H and O–H groups in total. The van der Waals surface area contributed by atoms with E-state index in [9.17, 15) is 9.59 Å². The number of carbonyl (C=O) groups excluding carboxylic acids is 1. The predicted molar refractivity (Wildman–Crippen MR) is 83.5 cm³/mol. The van der Waals surface area contributed by atoms with E-state index >= 15 is 0 Å². The molecule has 2 rings (SSSR count). The smallest absolute Gasteiger partial charge is 0.304 e. The summed E-state index contributed by atoms with van der Waals surface area (Å²) in [5.41, 5.74) is 1.68. The molecule has 0 spiro atoms. The summed E-state index contributed by atoms with van der Waals surface area (Å²) in [4.78, 5) is 27.0. The van der Waals surface area contributed by atoms with Gasteiger partial charge in [-0.2, -0.15) is 0 Å². The summed E-state index contributed by atoms with van der Waals surface area (Å²) in [6.07, 6.45) is 0.151. The Kier molecular flexibility index (Phi) is 5.36. The maximum Gasteiger partial charge on any atom is 0.304 e. The van der Waals surface area contributed by atoms with Crippen LogP contribution in [-0.4, -0.2) is 59.5 Å². The number of nitrogens with zero attached hydrogens (tertiary/aromatic N) is 2. The van der Waals surface area contributed by atoms with E-state index in [0.717, 1.165) is 28.7 Å². The number of halogens is 1. The second kappa shape index (κ2) is 7.04. The summed E-state index contributed by atoms with van der Waals surface area (Å²) in [6, 6.07) is 5.64. The summed E-state index contributed by atoms with van der Waals surface area (Å²) in [5, 5.41) is 8.69. The van der Waals surface area contributed by atoms with Crippen LogP contribution < -0.4 is 0 Å². The first-order valence-electron chi connectivity index (χ1n) is 6.97. The monoisotopic (exact) mass is 354 g/mol. The standard InChI is InChI=1S/C15H19BrN2O3/c1-11-12(3-2-4-13(11)16)15(21)18-9-7-17(8-10-18)6-5-14(19)20/h2-4H,5-10H2,1H3,(H,19,20). The van der Waals surface area contributed by atoms with E-state index in [1.165, 1.54) is 0 Å². The highest BCUT2D eigenvalue weighted by Crippen LogP contribution is 2.21. The Labute approximate surface area is 132 Å². The number of rotatable bonds is 4. The maximum absolute atomic E-state index is 12.5. The Morgan fingerprint density at radius 3 is 2.52 bits per heavy atom. The van der Waals surface area contributed by atoms with Crippen molar-refractivity contribution in [1.29, 1.82) is 0 Å². The van der Waals surface area contributed by atoms with Crippen molar-refractivity contribution >= 4 is 27.8 Å². The molecule has 114 valence electrons. The van der Waals surface area contributed by atoms with Gasteiger partial charge in [-0.3, -0.25) is 14.5 Å². The molecule has 1 heterocycles. The van der Waals surface area contributed by atoms with Crippen LogP contribution in [0.4, 0.5) is 0 Å². The second-order valence-electron chi connectivity index (χ2n) is 5.19. The van der Waals surface area contributed by atoms with Crippen molar-refractivity contribution in [2.75, 3.05) is 32.7 Å². The van der Waals surface area contributed by atoms with Crippen LogP contribution in [0.3, 0.4) is 0 Å². The number of hydrogen-bond donors (Lipinski definition) is 1. The normalized spacial score (nSPS) is 16.0. The van der Waals surface area contributed by atoms with Gasteiger partial charge in [0.2, 0.25) is 0 Å². The van der Waals surface area contributed by atoms with Crippen molar-refractivity contribution in [3.63, 3.8) is 0 Å². The molecule has 1 aliphatic heterocycles. The molecule has 1 saturated heterocycles. The highest BCUT2D eigenvalue weighted by Gasteiger charge is 2.23. The SMILES string of the molecule is Cc1c(Br)cccc1C(=O)N1CCN(CCC(=O)O)CC1. The van der Waals surface area contributed by atoms with Crippen molar-refractivity contribution in [3.05, 3.63) is 33.8 Å². The van der Waals surface area contributed by atoms with Crippen LogP contribution in [0.15, 0.2) is 22.7 Å². The van der Waals surface area contributed by atoms with E-state index in [-0.39, 0.29) is 12.3 Å². The molecule has 0 unspecified atom stereocenters. The molecule has 0 radical (unpaired) electrons. The van der Waals surface area contributed by atoms with Gasteiger partial charge < -0.3 is 10.0 Å². The lowest BCUT2D eigenvalue weighted by atomic mass is 10.1. The number of hydrogen-bond acceptors (Lipinski definition) is 3. The highest BCUT2D eigenvalue weighted by atomic mass is 79.9. The fourth-order valence-corrected chi connectivity index (χ4v) is 2.80. The van der Waals surface area contributed by atoms with Gasteiger partial charge in [0.05, 0.1) is 6.42 Å². The van der Waals surface area contributed by atoms with Gasteiger partial charge in [0, 0.05) is 42.8 Å². The Bertz CT molecular complexity index is 540. The van der Waals surface area contributed by atoms with Crippen LogP contribution in [0.25, 0.3) is 0 Å². The second-order valence-corrected chi connectivity index (χ2v) is 6.04. The van der Waals surface area contributed by atoms with Crippen molar-refractivity contribution in [1.82, 2.24) is 9.80 Å². The number of carbonyl (C=O) groups is 2. The van der Waals surface area contributed by atoms with Crippen LogP contribution in [-0.2, 0) is 4.79 Å². The molecule has 5 nitrogen and oxygen atoms in total. The molecule has 0 aliphatic carbocycles. The minimum Gasteiger partial charge on any atom is -0.481 e. The molecule has 1 aromatic carbocycles. The molecule has 0 atom stereocenters. The van der Waals surface area contributed by atoms with Gasteiger partial charge in [-0.1, -0.05) is 22.0 Å². The lowest BCUT2D eigenvalue weighted by molar-refractivity contribution is -0.137. The molecule has 1 amide bonds. The van der Waals surface area contributed by atoms with E-state index in [2.05, 4.69) is 20.8 Å². The van der Waals surface area contributed by atoms with Gasteiger partial charge in [0.15, 0.2) is 0 Å². The molecular weight excluding hydrogens is 336 g/mol. The fraction of sp³-hybridized carbons (Fsp3) is 0.467. The van der Waals surface area contributed by atoms with E-state index in [1.54, 1.807) is 0 Å². The molecule has 21 heavy (non-hydrogen) atoms. The Morgan fingerprint density at radius 1 is 1.24 bits per heavy atom. The zero-order valence-corrected chi connectivity index (χ0v) is 13.6. The van der Waals surface area contributed by atoms with Crippen LogP contribution in [0, 0.1) is 6.92 Å². The summed E-state index contributed by atoms with van der Waals surface area (Å²) in [5.74, 6) is -0.732. The lowest BCUT2D eigenvalue weighted by Gasteiger charge is -2.34. The van der Waals surface area contributed by atoms with Gasteiger partial charge >= 0.3 is 5.97 Å². The number of aliphatic carboxylic acids is 1. The predicted octanol–water partition coefficient (Wildman–Crippen LogP) is 1.99. The first kappa shape index (κ1) is 16.0. The summed E-state index contributed by atoms with van der Waals surface area (Å²) >= 11 is 3.45. The molecular formula is C15H19BrN2O3. The molecule has 1 aliphatic rings. The van der Waals surface area contributed by atoms with E-state index < -0.39 is 5.97 Å². The third-order valence-corrected chi connectivity index (χ3v) is 4.66. The van der Waals surface area contributed by atoms with Crippen molar-refractivity contribution in [3.8, 4) is 0 Å². The van der Waals surface area contributed by atoms with Crippen LogP contribution in [0.2, 0.25) is 0 Å². The largest absolute Gasteiger partial charge is 0.481 e. The number of piperazine rings is 1. The topological polar surface area (TPSA) is 60.9 Å². The molecule has 0 saturated carbocycles. The Hall–Kier alpha value is -1.40. The highest BCUT2D eigenvalue weighted by molar-refractivity contribution is 9.10. The van der Waals surface area contributed by atoms with Gasteiger partial charge in [0.25, 0.3) is 5.91 Å². The molecule has 1 aromatic rings. The number of carboxylic acids is 1. The average molecular weight is 355 g/mol. The lowest BCUT2D eigenvalue weighted by Crippen LogP contribution is -2.49. The zero-order valence-electron chi connectivity index (χ0n) is 12.0. The van der Waals surface area contributed by atoms with Crippen molar-refractivity contribution in [2.24, 2.45) is 0 Å². The third-order valence-electron chi connectivity index (χ3n) is 3.80. The summed E-state index contributed by atoms with van der Waals surface area (Å²) in [6.45, 7) is 5.22. The van der Waals surface area contributed by atoms with Gasteiger partial charge in [-0.15, -0.1) is 0 Å². The first-order valence-corrected chi connectivity index (χ1v) is 7.77. The summed E-state index contributed by atoms with van der Waals surface area (Å²) in [7, 11) is 0. The Morgan fingerprint density at radius 2 is 1.90 bits per heavy atom. The minimum atomic E-state index is -0.779. The van der Waals surface area contributed by atoms with Crippen molar-refractivity contribution < 1.29 is 14.7 Å². The maximum atomic E-state index is 12.5. The average Bonchev–Trinajstić information content (AvgIpc) is 2.48. The molecule has 6 heteroatoms. The number of carboxylic acid groups (broad SMARTS) is 1. The van der Waals surface area contributed by atoms with Crippen LogP contribution in [0.5, 0.6) is 0 Å². The van der Waals surface area contributed by atoms with Crippen LogP contribution >= 0.6 is 15.9 Å². The molecule has 0 bridgehead atoms. The first-order chi connectivity index (χ1) is 9.99. The van der Waals surface area contributed by atoms with Crippen LogP contribution in [0.1, 0.15) is 22.3 Å². The molecule has 0 aromatic heterocycles. The summed E-state index contributed by atoms with van der Waals surface area (Å²) < 4.78 is 0.938. The fourth-order valence-electron chi connectivity index (χ4n) is 2.44.